The Morgan fingerprint density at radius 3 is 2.06 bits per heavy atom. The van der Waals surface area contributed by atoms with Crippen LogP contribution in [0, 0.1) is 0 Å². The van der Waals surface area contributed by atoms with E-state index in [0.29, 0.717) is 23.4 Å². The highest BCUT2D eigenvalue weighted by Crippen LogP contribution is 2.62. The molecule has 5 rings (SSSR count). The van der Waals surface area contributed by atoms with Crippen molar-refractivity contribution in [2.24, 2.45) is 0 Å². The number of rotatable bonds is 2. The summed E-state index contributed by atoms with van der Waals surface area (Å²) in [5.74, 6) is -0.512. The van der Waals surface area contributed by atoms with Crippen LogP contribution in [0.3, 0.4) is 0 Å². The predicted octanol–water partition coefficient (Wildman–Crippen LogP) is 5.54. The Hall–Kier alpha value is -2.82. The lowest BCUT2D eigenvalue weighted by Gasteiger charge is -2.59. The van der Waals surface area contributed by atoms with Gasteiger partial charge in [-0.15, -0.1) is 0 Å². The highest BCUT2D eigenvalue weighted by atomic mass is 35.5. The van der Waals surface area contributed by atoms with Gasteiger partial charge in [-0.3, -0.25) is 14.5 Å². The van der Waals surface area contributed by atoms with Gasteiger partial charge >= 0.3 is 0 Å². The van der Waals surface area contributed by atoms with E-state index in [9.17, 15) is 9.59 Å². The largest absolute Gasteiger partial charge is 0.303 e. The van der Waals surface area contributed by atoms with Crippen LogP contribution in [0.1, 0.15) is 29.3 Å². The standard InChI is InChI=1S/C25H20Cl2N2O2/c1-17-16-24(19-12-6-3-7-13-19)25(26,27)23(31)29(24)21-15-9-8-14-20(21)28(17)22(30)18-10-4-2-5-11-18/h2-15,17H,16H2,1H3/t17-,24-/m1/s1. The highest BCUT2D eigenvalue weighted by Gasteiger charge is 2.73. The molecule has 0 aliphatic carbocycles. The van der Waals surface area contributed by atoms with Gasteiger partial charge in [-0.1, -0.05) is 83.9 Å². The van der Waals surface area contributed by atoms with Crippen molar-refractivity contribution in [2.75, 3.05) is 9.80 Å². The van der Waals surface area contributed by atoms with E-state index in [-0.39, 0.29) is 17.9 Å². The monoisotopic (exact) mass is 450 g/mol. The second-order valence-corrected chi connectivity index (χ2v) is 9.35. The van der Waals surface area contributed by atoms with Crippen molar-refractivity contribution in [1.82, 2.24) is 0 Å². The summed E-state index contributed by atoms with van der Waals surface area (Å²) >= 11 is 13.5. The lowest BCUT2D eigenvalue weighted by Crippen LogP contribution is -2.76. The summed E-state index contributed by atoms with van der Waals surface area (Å²) in [6.45, 7) is 1.97. The van der Waals surface area contributed by atoms with Gasteiger partial charge in [0, 0.05) is 11.6 Å². The Kier molecular flexibility index (Phi) is 4.61. The summed E-state index contributed by atoms with van der Waals surface area (Å²) in [6.07, 6.45) is 0.392. The number of nitrogens with zero attached hydrogens (tertiary/aromatic N) is 2. The highest BCUT2D eigenvalue weighted by molar-refractivity contribution is 6.63. The first-order chi connectivity index (χ1) is 14.9. The third-order valence-electron chi connectivity index (χ3n) is 6.28. The lowest BCUT2D eigenvalue weighted by atomic mass is 9.72. The molecule has 0 aromatic heterocycles. The minimum absolute atomic E-state index is 0.131. The molecule has 0 bridgehead atoms. The van der Waals surface area contributed by atoms with Crippen LogP contribution in [0.4, 0.5) is 11.4 Å². The van der Waals surface area contributed by atoms with Crippen molar-refractivity contribution in [3.05, 3.63) is 96.1 Å². The minimum atomic E-state index is -1.64. The first kappa shape index (κ1) is 20.1. The average Bonchev–Trinajstić information content (AvgIpc) is 2.91. The summed E-state index contributed by atoms with van der Waals surface area (Å²) in [7, 11) is 0. The molecule has 4 nitrogen and oxygen atoms in total. The van der Waals surface area contributed by atoms with E-state index in [1.165, 1.54) is 0 Å². The lowest BCUT2D eigenvalue weighted by molar-refractivity contribution is -0.129. The van der Waals surface area contributed by atoms with E-state index in [1.807, 2.05) is 79.7 Å². The zero-order valence-corrected chi connectivity index (χ0v) is 18.3. The van der Waals surface area contributed by atoms with Gasteiger partial charge < -0.3 is 4.90 Å². The summed E-state index contributed by atoms with van der Waals surface area (Å²) in [4.78, 5) is 30.3. The molecule has 2 atom stereocenters. The number of benzene rings is 3. The van der Waals surface area contributed by atoms with Gasteiger partial charge in [0.1, 0.15) is 5.54 Å². The molecule has 0 spiro atoms. The van der Waals surface area contributed by atoms with E-state index >= 15 is 0 Å². The molecule has 2 heterocycles. The number of halogens is 2. The Labute approximate surface area is 191 Å². The van der Waals surface area contributed by atoms with Crippen LogP contribution >= 0.6 is 23.2 Å². The zero-order chi connectivity index (χ0) is 21.8. The molecule has 3 aromatic rings. The molecule has 0 saturated carbocycles. The summed E-state index contributed by atoms with van der Waals surface area (Å²) in [5, 5.41) is 0. The number of alkyl halides is 2. The molecule has 0 radical (unpaired) electrons. The molecule has 2 aliphatic rings. The van der Waals surface area contributed by atoms with Crippen LogP contribution in [0.5, 0.6) is 0 Å². The molecule has 0 unspecified atom stereocenters. The minimum Gasteiger partial charge on any atom is -0.303 e. The van der Waals surface area contributed by atoms with Crippen molar-refractivity contribution in [1.29, 1.82) is 0 Å². The van der Waals surface area contributed by atoms with E-state index in [4.69, 9.17) is 23.2 Å². The topological polar surface area (TPSA) is 40.6 Å². The number of carbonyl (C=O) groups excluding carboxylic acids is 2. The normalized spacial score (nSPS) is 24.0. The second kappa shape index (κ2) is 7.11. The quantitative estimate of drug-likeness (QED) is 0.379. The number of amides is 2. The molecular weight excluding hydrogens is 431 g/mol. The third-order valence-corrected chi connectivity index (χ3v) is 7.23. The molecule has 156 valence electrons. The first-order valence-corrected chi connectivity index (χ1v) is 10.9. The second-order valence-electron chi connectivity index (χ2n) is 8.02. The average molecular weight is 451 g/mol. The number of hydrogen-bond donors (Lipinski definition) is 0. The van der Waals surface area contributed by atoms with Gasteiger partial charge in [0.2, 0.25) is 4.33 Å². The fourth-order valence-electron chi connectivity index (χ4n) is 4.90. The van der Waals surface area contributed by atoms with Crippen molar-refractivity contribution in [3.63, 3.8) is 0 Å². The van der Waals surface area contributed by atoms with Crippen molar-refractivity contribution in [2.45, 2.75) is 29.3 Å². The number of anilines is 2. The molecule has 0 N–H and O–H groups in total. The van der Waals surface area contributed by atoms with Gasteiger partial charge in [0.25, 0.3) is 11.8 Å². The number of fused-ring (bicyclic) bond motifs is 3. The molecule has 1 saturated heterocycles. The number of carbonyl (C=O) groups is 2. The van der Waals surface area contributed by atoms with Gasteiger partial charge in [0.15, 0.2) is 0 Å². The number of hydrogen-bond acceptors (Lipinski definition) is 2. The van der Waals surface area contributed by atoms with E-state index in [0.717, 1.165) is 5.56 Å². The number of para-hydroxylation sites is 2. The van der Waals surface area contributed by atoms with E-state index in [1.54, 1.807) is 21.9 Å². The molecule has 2 aliphatic heterocycles. The molecule has 6 heteroatoms. The Morgan fingerprint density at radius 2 is 1.42 bits per heavy atom. The summed E-state index contributed by atoms with van der Waals surface area (Å²) in [5.41, 5.74) is 1.72. The van der Waals surface area contributed by atoms with Crippen LogP contribution in [0.2, 0.25) is 0 Å². The van der Waals surface area contributed by atoms with Crippen LogP contribution in [-0.4, -0.2) is 22.2 Å². The molecular formula is C25H20Cl2N2O2. The van der Waals surface area contributed by atoms with Crippen LogP contribution in [0.25, 0.3) is 0 Å². The van der Waals surface area contributed by atoms with Gasteiger partial charge in [-0.05, 0) is 43.2 Å². The van der Waals surface area contributed by atoms with Crippen molar-refractivity contribution < 1.29 is 9.59 Å². The number of β-lactam (4-membered cyclic amide) rings is 1. The van der Waals surface area contributed by atoms with Crippen molar-refractivity contribution >= 4 is 46.4 Å². The Balaban J connectivity index is 1.74. The maximum atomic E-state index is 13.6. The maximum Gasteiger partial charge on any atom is 0.267 e. The van der Waals surface area contributed by atoms with Gasteiger partial charge in [0.05, 0.1) is 11.4 Å². The first-order valence-electron chi connectivity index (χ1n) is 10.2. The summed E-state index contributed by atoms with van der Waals surface area (Å²) in [6, 6.07) is 25.9. The zero-order valence-electron chi connectivity index (χ0n) is 16.8. The fraction of sp³-hybridized carbons (Fsp3) is 0.200. The van der Waals surface area contributed by atoms with Crippen molar-refractivity contribution in [3.8, 4) is 0 Å². The van der Waals surface area contributed by atoms with Crippen LogP contribution < -0.4 is 9.80 Å². The Bertz CT molecular complexity index is 1170. The Morgan fingerprint density at radius 1 is 0.871 bits per heavy atom. The fourth-order valence-corrected chi connectivity index (χ4v) is 5.61. The molecule has 31 heavy (non-hydrogen) atoms. The third kappa shape index (κ3) is 2.68. The SMILES string of the molecule is C[C@@H]1C[C@]2(c3ccccc3)N(C(=O)C2(Cl)Cl)c2ccccc2N1C(=O)c1ccccc1. The maximum absolute atomic E-state index is 13.6. The van der Waals surface area contributed by atoms with Crippen LogP contribution in [-0.2, 0) is 10.3 Å². The summed E-state index contributed by atoms with van der Waals surface area (Å²) < 4.78 is -1.64. The smallest absolute Gasteiger partial charge is 0.267 e. The van der Waals surface area contributed by atoms with Gasteiger partial charge in [-0.25, -0.2) is 0 Å². The van der Waals surface area contributed by atoms with Crippen LogP contribution in [0.15, 0.2) is 84.9 Å². The molecule has 1 fully saturated rings. The van der Waals surface area contributed by atoms with E-state index < -0.39 is 9.87 Å². The predicted molar refractivity (Wildman–Crippen MR) is 124 cm³/mol. The van der Waals surface area contributed by atoms with E-state index in [2.05, 4.69) is 0 Å². The van der Waals surface area contributed by atoms with Gasteiger partial charge in [-0.2, -0.15) is 0 Å². The molecule has 2 amide bonds. The molecule has 3 aromatic carbocycles.